The lowest BCUT2D eigenvalue weighted by atomic mass is 9.77. The molecule has 2 saturated heterocycles. The number of rotatable bonds is 3. The standard InChI is InChI=1S/C21H29BF2N2O5/c1-19(2,3)29-18(28)26-10-12(11-26)25-17(27)15-14(23)9-8-13(16(15)24)22-30-20(4,5)21(6,7)31-22/h8-9,12H,10-11H2,1-7H3,(H,25,27). The predicted molar refractivity (Wildman–Crippen MR) is 111 cm³/mol. The molecular weight excluding hydrogens is 409 g/mol. The van der Waals surface area contributed by atoms with Gasteiger partial charge in [0.05, 0.1) is 17.2 Å². The second-order valence-electron chi connectivity index (χ2n) is 9.97. The lowest BCUT2D eigenvalue weighted by Crippen LogP contribution is -2.61. The molecule has 7 nitrogen and oxygen atoms in total. The molecule has 1 N–H and O–H groups in total. The van der Waals surface area contributed by atoms with Crippen molar-refractivity contribution in [3.05, 3.63) is 29.3 Å². The molecule has 0 radical (unpaired) electrons. The van der Waals surface area contributed by atoms with E-state index in [1.54, 1.807) is 20.8 Å². The van der Waals surface area contributed by atoms with Crippen molar-refractivity contribution >= 4 is 24.6 Å². The second kappa shape index (κ2) is 7.74. The van der Waals surface area contributed by atoms with Gasteiger partial charge in [-0.15, -0.1) is 0 Å². The lowest BCUT2D eigenvalue weighted by molar-refractivity contribution is 0.00527. The van der Waals surface area contributed by atoms with E-state index in [1.807, 2.05) is 27.7 Å². The van der Waals surface area contributed by atoms with Gasteiger partial charge in [-0.2, -0.15) is 0 Å². The highest BCUT2D eigenvalue weighted by molar-refractivity contribution is 6.62. The quantitative estimate of drug-likeness (QED) is 0.735. The summed E-state index contributed by atoms with van der Waals surface area (Å²) in [6.45, 7) is 12.9. The fraction of sp³-hybridized carbons (Fsp3) is 0.619. The van der Waals surface area contributed by atoms with Crippen LogP contribution in [0.25, 0.3) is 0 Å². The minimum Gasteiger partial charge on any atom is -0.444 e. The zero-order valence-corrected chi connectivity index (χ0v) is 19.0. The minimum atomic E-state index is -1.07. The van der Waals surface area contributed by atoms with Crippen LogP contribution in [-0.2, 0) is 14.0 Å². The molecule has 0 spiro atoms. The van der Waals surface area contributed by atoms with Gasteiger partial charge in [0.2, 0.25) is 0 Å². The Bertz CT molecular complexity index is 878. The molecule has 2 fully saturated rings. The number of halogens is 2. The Morgan fingerprint density at radius 2 is 1.68 bits per heavy atom. The molecule has 2 heterocycles. The largest absolute Gasteiger partial charge is 0.497 e. The Morgan fingerprint density at radius 1 is 1.13 bits per heavy atom. The van der Waals surface area contributed by atoms with Crippen LogP contribution in [0.2, 0.25) is 0 Å². The predicted octanol–water partition coefficient (Wildman–Crippen LogP) is 2.61. The maximum Gasteiger partial charge on any atom is 0.497 e. The normalized spacial score (nSPS) is 20.4. The van der Waals surface area contributed by atoms with Crippen LogP contribution in [0.15, 0.2) is 12.1 Å². The fourth-order valence-corrected chi connectivity index (χ4v) is 3.23. The highest BCUT2D eigenvalue weighted by Crippen LogP contribution is 2.36. The molecule has 0 saturated carbocycles. The van der Waals surface area contributed by atoms with E-state index in [-0.39, 0.29) is 18.6 Å². The summed E-state index contributed by atoms with van der Waals surface area (Å²) in [6.07, 6.45) is -0.502. The van der Waals surface area contributed by atoms with E-state index in [0.717, 1.165) is 6.07 Å². The Labute approximate surface area is 181 Å². The summed E-state index contributed by atoms with van der Waals surface area (Å²) in [7, 11) is -1.07. The molecule has 2 aliphatic rings. The Kier molecular flexibility index (Phi) is 5.86. The molecule has 1 aromatic rings. The van der Waals surface area contributed by atoms with Crippen LogP contribution in [0.5, 0.6) is 0 Å². The van der Waals surface area contributed by atoms with Crippen molar-refractivity contribution < 1.29 is 32.4 Å². The van der Waals surface area contributed by atoms with E-state index in [0.29, 0.717) is 0 Å². The first-order valence-corrected chi connectivity index (χ1v) is 10.2. The van der Waals surface area contributed by atoms with Crippen molar-refractivity contribution in [2.24, 2.45) is 0 Å². The third kappa shape index (κ3) is 4.69. The number of amides is 2. The van der Waals surface area contributed by atoms with Crippen LogP contribution in [0, 0.1) is 11.6 Å². The number of carbonyl (C=O) groups excluding carboxylic acids is 2. The van der Waals surface area contributed by atoms with E-state index in [2.05, 4.69) is 5.32 Å². The van der Waals surface area contributed by atoms with E-state index >= 15 is 4.39 Å². The Hall–Kier alpha value is -2.20. The number of likely N-dealkylation sites (tertiary alicyclic amines) is 1. The van der Waals surface area contributed by atoms with Gasteiger partial charge in [-0.1, -0.05) is 6.07 Å². The Balaban J connectivity index is 1.69. The summed E-state index contributed by atoms with van der Waals surface area (Å²) >= 11 is 0. The van der Waals surface area contributed by atoms with Crippen molar-refractivity contribution in [2.45, 2.75) is 71.3 Å². The summed E-state index contributed by atoms with van der Waals surface area (Å²) in [5.41, 5.74) is -2.81. The van der Waals surface area contributed by atoms with Crippen LogP contribution < -0.4 is 10.8 Å². The minimum absolute atomic E-state index is 0.0470. The molecule has 170 valence electrons. The van der Waals surface area contributed by atoms with Gasteiger partial charge in [0.1, 0.15) is 22.8 Å². The first kappa shape index (κ1) is 23.5. The van der Waals surface area contributed by atoms with Crippen molar-refractivity contribution in [2.75, 3.05) is 13.1 Å². The molecule has 0 unspecified atom stereocenters. The smallest absolute Gasteiger partial charge is 0.444 e. The zero-order valence-electron chi connectivity index (χ0n) is 19.0. The van der Waals surface area contributed by atoms with Gasteiger partial charge in [-0.05, 0) is 54.5 Å². The molecule has 10 heteroatoms. The summed E-state index contributed by atoms with van der Waals surface area (Å²) in [5.74, 6) is -2.92. The molecule has 3 rings (SSSR count). The van der Waals surface area contributed by atoms with Gasteiger partial charge in [-0.3, -0.25) is 4.79 Å². The van der Waals surface area contributed by atoms with Gasteiger partial charge in [0, 0.05) is 18.6 Å². The molecule has 1 aromatic carbocycles. The van der Waals surface area contributed by atoms with Crippen LogP contribution in [0.4, 0.5) is 13.6 Å². The topological polar surface area (TPSA) is 77.1 Å². The first-order chi connectivity index (χ1) is 14.1. The summed E-state index contributed by atoms with van der Waals surface area (Å²) in [6, 6.07) is 1.81. The van der Waals surface area contributed by atoms with Crippen LogP contribution >= 0.6 is 0 Å². The number of nitrogens with one attached hydrogen (secondary N) is 1. The van der Waals surface area contributed by atoms with Gasteiger partial charge in [0.15, 0.2) is 0 Å². The van der Waals surface area contributed by atoms with Gasteiger partial charge in [0.25, 0.3) is 5.91 Å². The molecule has 0 aliphatic carbocycles. The molecule has 0 aromatic heterocycles. The molecular formula is C21H29BF2N2O5. The third-order valence-electron chi connectivity index (χ3n) is 5.72. The van der Waals surface area contributed by atoms with E-state index in [4.69, 9.17) is 14.0 Å². The molecule has 0 bridgehead atoms. The zero-order chi connectivity index (χ0) is 23.4. The van der Waals surface area contributed by atoms with E-state index < -0.39 is 59.2 Å². The monoisotopic (exact) mass is 438 g/mol. The van der Waals surface area contributed by atoms with Gasteiger partial charge in [-0.25, -0.2) is 13.6 Å². The van der Waals surface area contributed by atoms with Crippen molar-refractivity contribution in [3.63, 3.8) is 0 Å². The fourth-order valence-electron chi connectivity index (χ4n) is 3.23. The van der Waals surface area contributed by atoms with Crippen LogP contribution in [0.3, 0.4) is 0 Å². The summed E-state index contributed by atoms with van der Waals surface area (Å²) in [4.78, 5) is 26.0. The first-order valence-electron chi connectivity index (χ1n) is 10.2. The van der Waals surface area contributed by atoms with Crippen LogP contribution in [0.1, 0.15) is 58.8 Å². The van der Waals surface area contributed by atoms with E-state index in [1.165, 1.54) is 11.0 Å². The van der Waals surface area contributed by atoms with Crippen molar-refractivity contribution in [1.29, 1.82) is 0 Å². The lowest BCUT2D eigenvalue weighted by Gasteiger charge is -2.40. The maximum absolute atomic E-state index is 15.2. The number of carbonyl (C=O) groups is 2. The maximum atomic E-state index is 15.2. The Morgan fingerprint density at radius 3 is 2.19 bits per heavy atom. The highest BCUT2D eigenvalue weighted by atomic mass is 19.1. The molecule has 2 amide bonds. The van der Waals surface area contributed by atoms with E-state index in [9.17, 15) is 14.0 Å². The van der Waals surface area contributed by atoms with Crippen molar-refractivity contribution in [3.8, 4) is 0 Å². The van der Waals surface area contributed by atoms with Gasteiger partial charge < -0.3 is 24.3 Å². The third-order valence-corrected chi connectivity index (χ3v) is 5.72. The van der Waals surface area contributed by atoms with Crippen molar-refractivity contribution in [1.82, 2.24) is 10.2 Å². The molecule has 0 atom stereocenters. The number of hydrogen-bond acceptors (Lipinski definition) is 5. The van der Waals surface area contributed by atoms with Gasteiger partial charge >= 0.3 is 13.2 Å². The number of nitrogens with zero attached hydrogens (tertiary/aromatic N) is 1. The summed E-state index contributed by atoms with van der Waals surface area (Å²) in [5, 5.41) is 2.56. The van der Waals surface area contributed by atoms with Crippen LogP contribution in [-0.4, -0.2) is 60.0 Å². The summed E-state index contributed by atoms with van der Waals surface area (Å²) < 4.78 is 46.4. The number of ether oxygens (including phenoxy) is 1. The average molecular weight is 438 g/mol. The number of hydrogen-bond donors (Lipinski definition) is 1. The molecule has 31 heavy (non-hydrogen) atoms. The number of benzene rings is 1. The highest BCUT2D eigenvalue weighted by Gasteiger charge is 2.52. The average Bonchev–Trinajstić information content (AvgIpc) is 2.76. The second-order valence-corrected chi connectivity index (χ2v) is 9.97. The SMILES string of the molecule is CC(C)(C)OC(=O)N1CC(NC(=O)c2c(F)ccc(B3OC(C)(C)C(C)(C)O3)c2F)C1. The molecule has 2 aliphatic heterocycles.